The molecule has 0 aliphatic heterocycles. The van der Waals surface area contributed by atoms with Crippen molar-refractivity contribution in [2.45, 2.75) is 24.8 Å². The van der Waals surface area contributed by atoms with E-state index >= 15 is 0 Å². The molecule has 0 radical (unpaired) electrons. The largest absolute Gasteiger partial charge is 0.323 e. The minimum Gasteiger partial charge on any atom is -0.323 e. The highest BCUT2D eigenvalue weighted by Gasteiger charge is 2.16. The number of halogens is 2. The smallest absolute Gasteiger partial charge is 0.139 e. The van der Waals surface area contributed by atoms with Gasteiger partial charge in [0.25, 0.3) is 0 Å². The van der Waals surface area contributed by atoms with Crippen molar-refractivity contribution in [1.29, 1.82) is 0 Å². The van der Waals surface area contributed by atoms with Crippen LogP contribution in [0.5, 0.6) is 0 Å². The summed E-state index contributed by atoms with van der Waals surface area (Å²) in [4.78, 5) is -0.144. The van der Waals surface area contributed by atoms with Crippen molar-refractivity contribution in [2.75, 3.05) is 5.75 Å². The summed E-state index contributed by atoms with van der Waals surface area (Å²) >= 11 is 0. The normalized spacial score (nSPS) is 14.0. The van der Waals surface area contributed by atoms with Crippen LogP contribution in [0.15, 0.2) is 41.3 Å². The molecule has 0 aromatic heterocycles. The van der Waals surface area contributed by atoms with Crippen molar-refractivity contribution in [2.24, 2.45) is 5.73 Å². The van der Waals surface area contributed by atoms with Crippen molar-refractivity contribution in [3.05, 3.63) is 64.7 Å². The quantitative estimate of drug-likeness (QED) is 0.941. The highest BCUT2D eigenvalue weighted by Crippen LogP contribution is 2.20. The van der Waals surface area contributed by atoms with Gasteiger partial charge in [-0.3, -0.25) is 4.21 Å². The molecule has 0 saturated carbocycles. The molecule has 0 aliphatic rings. The fraction of sp³-hybridized carbons (Fsp3) is 0.250. The van der Waals surface area contributed by atoms with Gasteiger partial charge in [0.2, 0.25) is 0 Å². The molecular weight excluding hydrogens is 292 g/mol. The Bertz CT molecular complexity index is 668. The van der Waals surface area contributed by atoms with Crippen LogP contribution in [-0.4, -0.2) is 9.96 Å². The fourth-order valence-corrected chi connectivity index (χ4v) is 3.45. The summed E-state index contributed by atoms with van der Waals surface area (Å²) in [5, 5.41) is 0. The Kier molecular flexibility index (Phi) is 4.85. The van der Waals surface area contributed by atoms with Gasteiger partial charge in [-0.2, -0.15) is 0 Å². The summed E-state index contributed by atoms with van der Waals surface area (Å²) in [5.41, 5.74) is 9.01. The van der Waals surface area contributed by atoms with E-state index in [2.05, 4.69) is 0 Å². The van der Waals surface area contributed by atoms with E-state index in [1.165, 1.54) is 0 Å². The molecule has 112 valence electrons. The number of benzene rings is 2. The second kappa shape index (κ2) is 6.45. The Morgan fingerprint density at radius 3 is 2.33 bits per heavy atom. The zero-order chi connectivity index (χ0) is 15.6. The first-order valence-electron chi connectivity index (χ1n) is 6.54. The van der Waals surface area contributed by atoms with E-state index in [0.717, 1.165) is 34.9 Å². The molecule has 0 spiro atoms. The first-order valence-corrected chi connectivity index (χ1v) is 7.86. The van der Waals surface area contributed by atoms with E-state index in [4.69, 9.17) is 5.73 Å². The van der Waals surface area contributed by atoms with Crippen LogP contribution in [0.2, 0.25) is 0 Å². The average Bonchev–Trinajstić information content (AvgIpc) is 2.40. The van der Waals surface area contributed by atoms with Gasteiger partial charge >= 0.3 is 0 Å². The van der Waals surface area contributed by atoms with Crippen LogP contribution in [0.1, 0.15) is 22.7 Å². The lowest BCUT2D eigenvalue weighted by atomic mass is 10.0. The summed E-state index contributed by atoms with van der Waals surface area (Å²) in [7, 11) is -1.69. The third kappa shape index (κ3) is 3.95. The number of aryl methyl sites for hydroxylation is 2. The van der Waals surface area contributed by atoms with Gasteiger partial charge in [-0.1, -0.05) is 29.3 Å². The van der Waals surface area contributed by atoms with Crippen molar-refractivity contribution < 1.29 is 13.0 Å². The Hall–Kier alpha value is -1.59. The number of hydrogen-bond donors (Lipinski definition) is 1. The van der Waals surface area contributed by atoms with E-state index in [1.54, 1.807) is 0 Å². The molecule has 21 heavy (non-hydrogen) atoms. The van der Waals surface area contributed by atoms with Gasteiger partial charge in [0, 0.05) is 11.8 Å². The molecule has 0 aliphatic carbocycles. The fourth-order valence-electron chi connectivity index (χ4n) is 2.22. The number of nitrogens with two attached hydrogens (primary N) is 1. The molecule has 2 atom stereocenters. The standard InChI is InChI=1S/C16H17F2NOS/c1-10-5-11(2)7-12(6-10)15(19)9-21(20)16-8-13(17)3-4-14(16)18/h3-8,15H,9,19H2,1-2H3. The van der Waals surface area contributed by atoms with Crippen LogP contribution >= 0.6 is 0 Å². The predicted molar refractivity (Wildman–Crippen MR) is 80.5 cm³/mol. The minimum atomic E-state index is -1.69. The van der Waals surface area contributed by atoms with Crippen molar-refractivity contribution in [3.8, 4) is 0 Å². The van der Waals surface area contributed by atoms with E-state index in [0.29, 0.717) is 0 Å². The third-order valence-corrected chi connectivity index (χ3v) is 4.61. The Balaban J connectivity index is 2.20. The first kappa shape index (κ1) is 15.8. The van der Waals surface area contributed by atoms with Crippen LogP contribution in [0.25, 0.3) is 0 Å². The number of hydrogen-bond acceptors (Lipinski definition) is 2. The van der Waals surface area contributed by atoms with Gasteiger partial charge in [-0.25, -0.2) is 8.78 Å². The zero-order valence-electron chi connectivity index (χ0n) is 11.9. The van der Waals surface area contributed by atoms with Crippen molar-refractivity contribution in [3.63, 3.8) is 0 Å². The average molecular weight is 309 g/mol. The summed E-state index contributed by atoms with van der Waals surface area (Å²) in [6, 6.07) is 8.28. The molecule has 0 heterocycles. The maximum atomic E-state index is 13.6. The lowest BCUT2D eigenvalue weighted by molar-refractivity contribution is 0.571. The topological polar surface area (TPSA) is 43.1 Å². The first-order chi connectivity index (χ1) is 9.86. The van der Waals surface area contributed by atoms with E-state index in [1.807, 2.05) is 32.0 Å². The van der Waals surface area contributed by atoms with Crippen LogP contribution < -0.4 is 5.73 Å². The summed E-state index contributed by atoms with van der Waals surface area (Å²) in [5.74, 6) is -1.24. The predicted octanol–water partition coefficient (Wildman–Crippen LogP) is 3.39. The Labute approximate surface area is 125 Å². The molecule has 0 amide bonds. The monoisotopic (exact) mass is 309 g/mol. The van der Waals surface area contributed by atoms with Gasteiger partial charge < -0.3 is 5.73 Å². The van der Waals surface area contributed by atoms with Gasteiger partial charge in [-0.05, 0) is 37.6 Å². The molecule has 2 nitrogen and oxygen atoms in total. The third-order valence-electron chi connectivity index (χ3n) is 3.14. The molecule has 5 heteroatoms. The van der Waals surface area contributed by atoms with Gasteiger partial charge in [-0.15, -0.1) is 0 Å². The summed E-state index contributed by atoms with van der Waals surface area (Å²) in [6.07, 6.45) is 0. The molecule has 0 saturated heterocycles. The van der Waals surface area contributed by atoms with Crippen LogP contribution in [-0.2, 0) is 10.8 Å². The van der Waals surface area contributed by atoms with E-state index < -0.39 is 28.5 Å². The summed E-state index contributed by atoms with van der Waals surface area (Å²) in [6.45, 7) is 3.90. The molecular formula is C16H17F2NOS. The maximum Gasteiger partial charge on any atom is 0.139 e. The highest BCUT2D eigenvalue weighted by atomic mass is 32.2. The second-order valence-electron chi connectivity index (χ2n) is 5.11. The van der Waals surface area contributed by atoms with Crippen LogP contribution in [0.3, 0.4) is 0 Å². The molecule has 0 fully saturated rings. The molecule has 2 aromatic carbocycles. The van der Waals surface area contributed by atoms with E-state index in [-0.39, 0.29) is 10.6 Å². The van der Waals surface area contributed by atoms with Crippen LogP contribution in [0, 0.1) is 25.5 Å². The van der Waals surface area contributed by atoms with E-state index in [9.17, 15) is 13.0 Å². The maximum absolute atomic E-state index is 13.6. The molecule has 2 N–H and O–H groups in total. The summed E-state index contributed by atoms with van der Waals surface area (Å²) < 4.78 is 38.9. The van der Waals surface area contributed by atoms with Crippen LogP contribution in [0.4, 0.5) is 8.78 Å². The van der Waals surface area contributed by atoms with Crippen molar-refractivity contribution >= 4 is 10.8 Å². The molecule has 2 rings (SSSR count). The lowest BCUT2D eigenvalue weighted by Crippen LogP contribution is -2.19. The second-order valence-corrected chi connectivity index (χ2v) is 6.58. The minimum absolute atomic E-state index is 0.0449. The molecule has 2 aromatic rings. The van der Waals surface area contributed by atoms with Gasteiger partial charge in [0.15, 0.2) is 0 Å². The lowest BCUT2D eigenvalue weighted by Gasteiger charge is -2.14. The SMILES string of the molecule is Cc1cc(C)cc(C(N)CS(=O)c2cc(F)ccc2F)c1. The molecule has 0 bridgehead atoms. The molecule has 2 unspecified atom stereocenters. The Morgan fingerprint density at radius 2 is 1.71 bits per heavy atom. The van der Waals surface area contributed by atoms with Gasteiger partial charge in [0.05, 0.1) is 15.7 Å². The Morgan fingerprint density at radius 1 is 1.10 bits per heavy atom. The van der Waals surface area contributed by atoms with Gasteiger partial charge in [0.1, 0.15) is 11.6 Å². The number of rotatable bonds is 4. The zero-order valence-corrected chi connectivity index (χ0v) is 12.7. The van der Waals surface area contributed by atoms with Crippen molar-refractivity contribution in [1.82, 2.24) is 0 Å². The highest BCUT2D eigenvalue weighted by molar-refractivity contribution is 7.85.